The standard InChI is InChI=1S/C18H26FN2O7PS/c1-5-18-9-25-29(24,26-10-30-16(23)17(2,3)4)28-14(18)13(19)15(27-18)21-7-6-11(20)8-12(21)22/h6-8,13-15H,5,9-10,20H2,1-4H3/t13-,14?,15-,18-,29?/m1/s1. The lowest BCUT2D eigenvalue weighted by atomic mass is 9.94. The number of rotatable bonds is 5. The Hall–Kier alpha value is -1.23. The molecule has 168 valence electrons. The molecule has 2 N–H and O–H groups in total. The van der Waals surface area contributed by atoms with Gasteiger partial charge in [-0.25, -0.2) is 8.96 Å². The number of hydrogen-bond donors (Lipinski definition) is 1. The van der Waals surface area contributed by atoms with Crippen LogP contribution in [0.15, 0.2) is 23.1 Å². The van der Waals surface area contributed by atoms with E-state index in [-0.39, 0.29) is 29.8 Å². The van der Waals surface area contributed by atoms with Gasteiger partial charge in [-0.3, -0.25) is 27.7 Å². The number of carbonyl (C=O) groups excluding carboxylic acids is 1. The van der Waals surface area contributed by atoms with E-state index in [1.54, 1.807) is 27.7 Å². The highest BCUT2D eigenvalue weighted by atomic mass is 32.2. The Morgan fingerprint density at radius 1 is 1.50 bits per heavy atom. The van der Waals surface area contributed by atoms with Crippen LogP contribution in [0.2, 0.25) is 0 Å². The van der Waals surface area contributed by atoms with Gasteiger partial charge in [-0.1, -0.05) is 39.5 Å². The molecule has 0 spiro atoms. The maximum atomic E-state index is 15.3. The number of halogens is 1. The van der Waals surface area contributed by atoms with Gasteiger partial charge < -0.3 is 10.5 Å². The molecule has 0 aromatic carbocycles. The highest BCUT2D eigenvalue weighted by molar-refractivity contribution is 8.13. The van der Waals surface area contributed by atoms with Crippen molar-refractivity contribution in [2.75, 3.05) is 18.3 Å². The highest BCUT2D eigenvalue weighted by Gasteiger charge is 2.62. The Morgan fingerprint density at radius 2 is 2.20 bits per heavy atom. The maximum absolute atomic E-state index is 15.3. The lowest BCUT2D eigenvalue weighted by Gasteiger charge is -2.39. The topological polar surface area (TPSA) is 119 Å². The number of ether oxygens (including phenoxy) is 1. The first-order chi connectivity index (χ1) is 13.9. The molecule has 12 heteroatoms. The number of phosphoric acid groups is 1. The first-order valence-electron chi connectivity index (χ1n) is 9.45. The summed E-state index contributed by atoms with van der Waals surface area (Å²) in [6, 6.07) is 2.61. The van der Waals surface area contributed by atoms with Crippen LogP contribution >= 0.6 is 19.6 Å². The number of aromatic nitrogens is 1. The quantitative estimate of drug-likeness (QED) is 0.517. The van der Waals surface area contributed by atoms with E-state index in [9.17, 15) is 14.2 Å². The number of anilines is 1. The first-order valence-corrected chi connectivity index (χ1v) is 11.9. The number of nitrogen functional groups attached to an aromatic ring is 1. The number of nitrogens with two attached hydrogens (primary N) is 1. The zero-order chi connectivity index (χ0) is 22.3. The molecule has 0 radical (unpaired) electrons. The highest BCUT2D eigenvalue weighted by Crippen LogP contribution is 2.61. The Bertz CT molecular complexity index is 921. The zero-order valence-electron chi connectivity index (χ0n) is 17.2. The van der Waals surface area contributed by atoms with Crippen molar-refractivity contribution < 1.29 is 32.1 Å². The largest absolute Gasteiger partial charge is 0.476 e. The molecule has 1 aromatic heterocycles. The zero-order valence-corrected chi connectivity index (χ0v) is 18.9. The van der Waals surface area contributed by atoms with Crippen LogP contribution in [-0.4, -0.2) is 40.1 Å². The van der Waals surface area contributed by atoms with E-state index in [1.807, 2.05) is 0 Å². The fraction of sp³-hybridized carbons (Fsp3) is 0.667. The molecule has 0 aliphatic carbocycles. The van der Waals surface area contributed by atoms with E-state index in [0.29, 0.717) is 0 Å². The number of carbonyl (C=O) groups is 1. The molecule has 30 heavy (non-hydrogen) atoms. The number of hydrogen-bond acceptors (Lipinski definition) is 9. The third kappa shape index (κ3) is 4.51. The van der Waals surface area contributed by atoms with Crippen LogP contribution in [-0.2, 0) is 27.7 Å². The smallest absolute Gasteiger partial charge is 0.399 e. The number of pyridine rings is 1. The van der Waals surface area contributed by atoms with Crippen molar-refractivity contribution in [2.24, 2.45) is 5.41 Å². The number of alkyl halides is 1. The molecule has 5 atom stereocenters. The van der Waals surface area contributed by atoms with Crippen LogP contribution in [0.3, 0.4) is 0 Å². The van der Waals surface area contributed by atoms with Crippen LogP contribution in [0, 0.1) is 5.41 Å². The second-order valence-electron chi connectivity index (χ2n) is 8.25. The summed E-state index contributed by atoms with van der Waals surface area (Å²) in [5.41, 5.74) is 3.45. The molecule has 3 rings (SSSR count). The van der Waals surface area contributed by atoms with Gasteiger partial charge in [0.25, 0.3) is 5.56 Å². The van der Waals surface area contributed by atoms with Gasteiger partial charge in [0.1, 0.15) is 17.6 Å². The minimum Gasteiger partial charge on any atom is -0.399 e. The molecular weight excluding hydrogens is 438 g/mol. The van der Waals surface area contributed by atoms with Crippen LogP contribution < -0.4 is 11.3 Å². The second kappa shape index (κ2) is 8.37. The molecule has 0 bridgehead atoms. The molecule has 2 aliphatic heterocycles. The predicted octanol–water partition coefficient (Wildman–Crippen LogP) is 3.25. The lowest BCUT2D eigenvalue weighted by Crippen LogP contribution is -2.49. The normalized spacial score (nSPS) is 34.0. The van der Waals surface area contributed by atoms with Crippen molar-refractivity contribution in [3.8, 4) is 0 Å². The van der Waals surface area contributed by atoms with Crippen LogP contribution in [0.1, 0.15) is 40.3 Å². The summed E-state index contributed by atoms with van der Waals surface area (Å²) in [6.07, 6.45) is -2.76. The van der Waals surface area contributed by atoms with E-state index in [4.69, 9.17) is 24.0 Å². The predicted molar refractivity (Wildman–Crippen MR) is 110 cm³/mol. The van der Waals surface area contributed by atoms with E-state index in [0.717, 1.165) is 22.4 Å². The molecule has 3 heterocycles. The molecule has 2 fully saturated rings. The monoisotopic (exact) mass is 464 g/mol. The summed E-state index contributed by atoms with van der Waals surface area (Å²) in [5, 5.41) is -0.163. The minimum absolute atomic E-state index is 0.163. The van der Waals surface area contributed by atoms with E-state index >= 15 is 4.39 Å². The molecule has 0 amide bonds. The molecule has 1 aromatic rings. The molecular formula is C18H26FN2O7PS. The Morgan fingerprint density at radius 3 is 2.80 bits per heavy atom. The van der Waals surface area contributed by atoms with Crippen molar-refractivity contribution in [3.05, 3.63) is 28.7 Å². The summed E-state index contributed by atoms with van der Waals surface area (Å²) in [6.45, 7) is 6.74. The van der Waals surface area contributed by atoms with Crippen molar-refractivity contribution in [3.63, 3.8) is 0 Å². The van der Waals surface area contributed by atoms with Gasteiger partial charge in [-0.15, -0.1) is 0 Å². The Balaban J connectivity index is 1.75. The van der Waals surface area contributed by atoms with Gasteiger partial charge >= 0.3 is 7.82 Å². The fourth-order valence-corrected chi connectivity index (χ4v) is 5.61. The summed E-state index contributed by atoms with van der Waals surface area (Å²) in [7, 11) is -4.12. The summed E-state index contributed by atoms with van der Waals surface area (Å²) < 4.78 is 51.1. The average molecular weight is 464 g/mol. The first kappa shape index (κ1) is 23.4. The molecule has 2 saturated heterocycles. The minimum atomic E-state index is -4.12. The van der Waals surface area contributed by atoms with Crippen molar-refractivity contribution >= 4 is 30.4 Å². The Kier molecular flexibility index (Phi) is 6.54. The number of nitrogens with zero attached hydrogens (tertiary/aromatic N) is 1. The summed E-state index contributed by atoms with van der Waals surface area (Å²) in [5.74, 6) is -0.266. The van der Waals surface area contributed by atoms with Gasteiger partial charge in [-0.05, 0) is 12.5 Å². The van der Waals surface area contributed by atoms with Crippen molar-refractivity contribution in [2.45, 2.75) is 58.2 Å². The molecule has 2 unspecified atom stereocenters. The van der Waals surface area contributed by atoms with Gasteiger partial charge in [0.2, 0.25) is 0 Å². The SMILES string of the molecule is CC[C@@]12COP(=O)(OCSC(=O)C(C)(C)C)OC1[C@@H](F)[C@H](n1ccc(N)cc1=O)O2. The van der Waals surface area contributed by atoms with E-state index in [1.165, 1.54) is 12.3 Å². The number of thioether (sulfide) groups is 1. The number of fused-ring (bicyclic) bond motifs is 1. The van der Waals surface area contributed by atoms with Crippen LogP contribution in [0.25, 0.3) is 0 Å². The maximum Gasteiger partial charge on any atom is 0.476 e. The van der Waals surface area contributed by atoms with Gasteiger partial charge in [0.05, 0.1) is 6.61 Å². The Labute approximate surface area is 178 Å². The van der Waals surface area contributed by atoms with E-state index < -0.39 is 42.9 Å². The van der Waals surface area contributed by atoms with Crippen molar-refractivity contribution in [1.29, 1.82) is 0 Å². The van der Waals surface area contributed by atoms with Gasteiger partial charge in [0.15, 0.2) is 17.5 Å². The summed E-state index contributed by atoms with van der Waals surface area (Å²) in [4.78, 5) is 24.2. The third-order valence-corrected chi connectivity index (χ3v) is 7.66. The van der Waals surface area contributed by atoms with E-state index in [2.05, 4.69) is 0 Å². The lowest BCUT2D eigenvalue weighted by molar-refractivity contribution is -0.148. The molecule has 2 aliphatic rings. The average Bonchev–Trinajstić information content (AvgIpc) is 2.94. The number of phosphoric ester groups is 1. The summed E-state index contributed by atoms with van der Waals surface area (Å²) >= 11 is 0.832. The van der Waals surface area contributed by atoms with Gasteiger partial charge in [0, 0.05) is 23.4 Å². The van der Waals surface area contributed by atoms with Crippen LogP contribution in [0.5, 0.6) is 0 Å². The fourth-order valence-electron chi connectivity index (χ4n) is 3.18. The third-order valence-electron chi connectivity index (χ3n) is 5.00. The second-order valence-corrected chi connectivity index (χ2v) is 10.8. The van der Waals surface area contributed by atoms with Crippen molar-refractivity contribution in [1.82, 2.24) is 4.57 Å². The molecule has 0 saturated carbocycles. The van der Waals surface area contributed by atoms with Crippen LogP contribution in [0.4, 0.5) is 10.1 Å². The van der Waals surface area contributed by atoms with Gasteiger partial charge in [-0.2, -0.15) is 0 Å². The molecule has 9 nitrogen and oxygen atoms in total.